The lowest BCUT2D eigenvalue weighted by Gasteiger charge is -2.26. The van der Waals surface area contributed by atoms with Crippen LogP contribution in [0.5, 0.6) is 0 Å². The van der Waals surface area contributed by atoms with Crippen molar-refractivity contribution in [2.75, 3.05) is 18.0 Å². The molecule has 0 amide bonds. The molecule has 2 N–H and O–H groups in total. The fraction of sp³-hybridized carbons (Fsp3) is 0.471. The number of nitrogens with zero attached hydrogens (tertiary/aromatic N) is 2. The molecule has 1 aromatic carbocycles. The fourth-order valence-corrected chi connectivity index (χ4v) is 2.77. The predicted molar refractivity (Wildman–Crippen MR) is 84.9 cm³/mol. The van der Waals surface area contributed by atoms with Crippen molar-refractivity contribution in [2.45, 2.75) is 32.7 Å². The van der Waals surface area contributed by atoms with E-state index in [1.807, 2.05) is 6.07 Å². The zero-order valence-corrected chi connectivity index (χ0v) is 12.2. The molecule has 3 heteroatoms. The molecule has 0 radical (unpaired) electrons. The van der Waals surface area contributed by atoms with Crippen LogP contribution in [0.25, 0.3) is 10.9 Å². The molecular weight excluding hydrogens is 246 g/mol. The van der Waals surface area contributed by atoms with E-state index < -0.39 is 0 Å². The summed E-state index contributed by atoms with van der Waals surface area (Å²) in [5.74, 6) is 0.884. The molecule has 1 fully saturated rings. The lowest BCUT2D eigenvalue weighted by atomic mass is 10.1. The van der Waals surface area contributed by atoms with Gasteiger partial charge in [0.15, 0.2) is 0 Å². The smallest absolute Gasteiger partial charge is 0.0726 e. The second-order valence-corrected chi connectivity index (χ2v) is 5.74. The van der Waals surface area contributed by atoms with Crippen LogP contribution < -0.4 is 10.6 Å². The molecule has 1 saturated carbocycles. The van der Waals surface area contributed by atoms with Crippen molar-refractivity contribution in [3.63, 3.8) is 0 Å². The fourth-order valence-electron chi connectivity index (χ4n) is 2.77. The summed E-state index contributed by atoms with van der Waals surface area (Å²) >= 11 is 0. The summed E-state index contributed by atoms with van der Waals surface area (Å²) < 4.78 is 0. The van der Waals surface area contributed by atoms with E-state index in [0.717, 1.165) is 23.7 Å². The van der Waals surface area contributed by atoms with Gasteiger partial charge in [-0.1, -0.05) is 25.1 Å². The predicted octanol–water partition coefficient (Wildman–Crippen LogP) is 3.32. The maximum atomic E-state index is 5.82. The summed E-state index contributed by atoms with van der Waals surface area (Å²) in [5.41, 5.74) is 9.17. The minimum Gasteiger partial charge on any atom is -0.371 e. The van der Waals surface area contributed by atoms with Gasteiger partial charge in [0.1, 0.15) is 0 Å². The number of pyridine rings is 1. The van der Waals surface area contributed by atoms with Crippen LogP contribution in [0.1, 0.15) is 31.9 Å². The van der Waals surface area contributed by atoms with E-state index in [-0.39, 0.29) is 0 Å². The third kappa shape index (κ3) is 2.78. The molecule has 0 aliphatic heterocycles. The highest BCUT2D eigenvalue weighted by molar-refractivity contribution is 5.92. The number of rotatable bonds is 6. The quantitative estimate of drug-likeness (QED) is 0.874. The summed E-state index contributed by atoms with van der Waals surface area (Å²) in [6.45, 7) is 5.02. The third-order valence-electron chi connectivity index (χ3n) is 3.97. The molecule has 106 valence electrons. The van der Waals surface area contributed by atoms with Gasteiger partial charge in [0.05, 0.1) is 11.2 Å². The summed E-state index contributed by atoms with van der Waals surface area (Å²) in [7, 11) is 0. The number of nitrogens with two attached hydrogens (primary N) is 1. The molecule has 1 heterocycles. The lowest BCUT2D eigenvalue weighted by Crippen LogP contribution is -2.27. The summed E-state index contributed by atoms with van der Waals surface area (Å²) in [6.07, 6.45) is 3.93. The first-order valence-electron chi connectivity index (χ1n) is 7.65. The highest BCUT2D eigenvalue weighted by Gasteiger charge is 2.25. The van der Waals surface area contributed by atoms with Gasteiger partial charge < -0.3 is 10.6 Å². The van der Waals surface area contributed by atoms with Crippen molar-refractivity contribution in [3.05, 3.63) is 36.0 Å². The largest absolute Gasteiger partial charge is 0.371 e. The molecule has 1 aliphatic carbocycles. The van der Waals surface area contributed by atoms with Gasteiger partial charge in [0, 0.05) is 30.7 Å². The van der Waals surface area contributed by atoms with Crippen LogP contribution >= 0.6 is 0 Å². The highest BCUT2D eigenvalue weighted by Crippen LogP contribution is 2.34. The van der Waals surface area contributed by atoms with Crippen LogP contribution in [-0.2, 0) is 6.54 Å². The highest BCUT2D eigenvalue weighted by atomic mass is 15.1. The average molecular weight is 269 g/mol. The minimum absolute atomic E-state index is 0.501. The van der Waals surface area contributed by atoms with Gasteiger partial charge in [-0.3, -0.25) is 4.98 Å². The Balaban J connectivity index is 2.05. The molecule has 0 saturated heterocycles. The summed E-state index contributed by atoms with van der Waals surface area (Å²) in [6, 6.07) is 10.6. The lowest BCUT2D eigenvalue weighted by molar-refractivity contribution is 0.709. The van der Waals surface area contributed by atoms with Crippen LogP contribution in [0, 0.1) is 5.92 Å². The first-order valence-corrected chi connectivity index (χ1v) is 7.65. The van der Waals surface area contributed by atoms with Crippen LogP contribution in [0.4, 0.5) is 5.69 Å². The molecule has 0 bridgehead atoms. The third-order valence-corrected chi connectivity index (χ3v) is 3.97. The molecule has 3 rings (SSSR count). The van der Waals surface area contributed by atoms with Crippen LogP contribution in [0.3, 0.4) is 0 Å². The molecule has 3 nitrogen and oxygen atoms in total. The van der Waals surface area contributed by atoms with Crippen molar-refractivity contribution >= 4 is 16.6 Å². The Hall–Kier alpha value is -1.61. The molecule has 0 spiro atoms. The van der Waals surface area contributed by atoms with Gasteiger partial charge in [-0.2, -0.15) is 0 Å². The van der Waals surface area contributed by atoms with E-state index in [2.05, 4.69) is 41.1 Å². The summed E-state index contributed by atoms with van der Waals surface area (Å²) in [4.78, 5) is 7.17. The Bertz CT molecular complexity index is 590. The number of aromatic nitrogens is 1. The van der Waals surface area contributed by atoms with Crippen molar-refractivity contribution in [3.8, 4) is 0 Å². The topological polar surface area (TPSA) is 42.1 Å². The zero-order valence-electron chi connectivity index (χ0n) is 12.2. The Kier molecular flexibility index (Phi) is 3.88. The minimum atomic E-state index is 0.501. The van der Waals surface area contributed by atoms with E-state index in [1.165, 1.54) is 36.9 Å². The Morgan fingerprint density at radius 3 is 2.80 bits per heavy atom. The van der Waals surface area contributed by atoms with E-state index in [1.54, 1.807) is 0 Å². The molecular formula is C17H23N3. The Morgan fingerprint density at radius 2 is 2.10 bits per heavy atom. The normalized spacial score (nSPS) is 14.7. The number of benzene rings is 1. The second-order valence-electron chi connectivity index (χ2n) is 5.74. The first kappa shape index (κ1) is 13.4. The van der Waals surface area contributed by atoms with E-state index >= 15 is 0 Å². The van der Waals surface area contributed by atoms with Gasteiger partial charge in [0.25, 0.3) is 0 Å². The van der Waals surface area contributed by atoms with Crippen LogP contribution in [0.2, 0.25) is 0 Å². The van der Waals surface area contributed by atoms with Gasteiger partial charge in [-0.05, 0) is 37.3 Å². The zero-order chi connectivity index (χ0) is 13.9. The van der Waals surface area contributed by atoms with Crippen molar-refractivity contribution < 1.29 is 0 Å². The SMILES string of the molecule is CCCN(CC1CC1)c1cc(CN)nc2ccccc12. The van der Waals surface area contributed by atoms with Crippen molar-refractivity contribution in [1.82, 2.24) is 4.98 Å². The maximum Gasteiger partial charge on any atom is 0.0726 e. The van der Waals surface area contributed by atoms with Gasteiger partial charge in [0.2, 0.25) is 0 Å². The number of hydrogen-bond acceptors (Lipinski definition) is 3. The van der Waals surface area contributed by atoms with Gasteiger partial charge in [-0.25, -0.2) is 0 Å². The number of anilines is 1. The van der Waals surface area contributed by atoms with E-state index in [9.17, 15) is 0 Å². The average Bonchev–Trinajstić information content (AvgIpc) is 3.29. The first-order chi connectivity index (χ1) is 9.81. The van der Waals surface area contributed by atoms with Gasteiger partial charge in [-0.15, -0.1) is 0 Å². The maximum absolute atomic E-state index is 5.82. The molecule has 0 atom stereocenters. The molecule has 1 aliphatic rings. The summed E-state index contributed by atoms with van der Waals surface area (Å²) in [5, 5.41) is 1.25. The Labute approximate surface area is 120 Å². The van der Waals surface area contributed by atoms with Crippen molar-refractivity contribution in [1.29, 1.82) is 0 Å². The van der Waals surface area contributed by atoms with E-state index in [4.69, 9.17) is 5.73 Å². The van der Waals surface area contributed by atoms with Crippen molar-refractivity contribution in [2.24, 2.45) is 11.7 Å². The Morgan fingerprint density at radius 1 is 1.30 bits per heavy atom. The van der Waals surface area contributed by atoms with Gasteiger partial charge >= 0.3 is 0 Å². The number of fused-ring (bicyclic) bond motifs is 1. The number of para-hydroxylation sites is 1. The van der Waals surface area contributed by atoms with Crippen LogP contribution in [-0.4, -0.2) is 18.1 Å². The monoisotopic (exact) mass is 269 g/mol. The number of hydrogen-bond donors (Lipinski definition) is 1. The second kappa shape index (κ2) is 5.80. The van der Waals surface area contributed by atoms with Crippen LogP contribution in [0.15, 0.2) is 30.3 Å². The standard InChI is InChI=1S/C17H23N3/c1-2-9-20(12-13-7-8-13)17-10-14(11-18)19-16-6-4-3-5-15(16)17/h3-6,10,13H,2,7-9,11-12,18H2,1H3. The molecule has 1 aromatic heterocycles. The van der Waals surface area contributed by atoms with E-state index in [0.29, 0.717) is 6.54 Å². The molecule has 20 heavy (non-hydrogen) atoms. The molecule has 0 unspecified atom stereocenters. The molecule has 2 aromatic rings.